The van der Waals surface area contributed by atoms with Gasteiger partial charge in [0, 0.05) is 12.3 Å². The van der Waals surface area contributed by atoms with Gasteiger partial charge in [0.15, 0.2) is 5.49 Å². The van der Waals surface area contributed by atoms with Crippen molar-refractivity contribution in [3.63, 3.8) is 0 Å². The minimum Gasteiger partial charge on any atom is -0.285 e. The van der Waals surface area contributed by atoms with Crippen LogP contribution in [-0.4, -0.2) is 19.3 Å². The average Bonchev–Trinajstić information content (AvgIpc) is 2.38. The van der Waals surface area contributed by atoms with E-state index >= 15 is 0 Å². The number of hydrogen-bond acceptors (Lipinski definition) is 5. The summed E-state index contributed by atoms with van der Waals surface area (Å²) < 4.78 is 1.69. The first kappa shape index (κ1) is 10.3. The normalized spacial score (nSPS) is 10.9. The van der Waals surface area contributed by atoms with Crippen LogP contribution in [-0.2, 0) is 0 Å². The third-order valence-corrected chi connectivity index (χ3v) is 2.61. The molecule has 18 heavy (non-hydrogen) atoms. The fraction of sp³-hybridized carbons (Fsp3) is 0. The van der Waals surface area contributed by atoms with Gasteiger partial charge in [-0.25, -0.2) is 9.97 Å². The van der Waals surface area contributed by atoms with Gasteiger partial charge in [-0.15, -0.1) is 0 Å². The van der Waals surface area contributed by atoms with Crippen LogP contribution in [0.25, 0.3) is 16.7 Å². The fourth-order valence-electron chi connectivity index (χ4n) is 1.79. The molecule has 0 aromatic carbocycles. The van der Waals surface area contributed by atoms with Crippen molar-refractivity contribution in [2.24, 2.45) is 0 Å². The highest BCUT2D eigenvalue weighted by Gasteiger charge is 2.11. The molecule has 3 heterocycles. The summed E-state index contributed by atoms with van der Waals surface area (Å²) in [5.74, 6) is 0. The molecule has 0 aliphatic carbocycles. The minimum atomic E-state index is -0.536. The Labute approximate surface area is 100 Å². The molecule has 3 aromatic rings. The smallest absolute Gasteiger partial charge is 0.285 e. The summed E-state index contributed by atoms with van der Waals surface area (Å²) in [5.41, 5.74) is 0.897. The van der Waals surface area contributed by atoms with Gasteiger partial charge < -0.3 is 0 Å². The molecule has 0 aliphatic heterocycles. The van der Waals surface area contributed by atoms with Gasteiger partial charge in [0.05, 0.1) is 10.3 Å². The standard InChI is InChI=1S/C11H7N5O2/c12-10-8-5-7(16(17)18)6-13-11(8)15-4-2-1-3-9(15)14-10/h1-6,12H. The minimum absolute atomic E-state index is 0.0209. The Morgan fingerprint density at radius 1 is 1.39 bits per heavy atom. The number of nitrogens with zero attached hydrogens (tertiary/aromatic N) is 4. The summed E-state index contributed by atoms with van der Waals surface area (Å²) in [7, 11) is 0. The van der Waals surface area contributed by atoms with Gasteiger partial charge in [0.25, 0.3) is 5.69 Å². The number of fused-ring (bicyclic) bond motifs is 3. The molecule has 88 valence electrons. The van der Waals surface area contributed by atoms with Crippen molar-refractivity contribution >= 4 is 22.4 Å². The van der Waals surface area contributed by atoms with Crippen LogP contribution in [0.5, 0.6) is 0 Å². The maximum absolute atomic E-state index is 10.7. The van der Waals surface area contributed by atoms with E-state index in [0.717, 1.165) is 0 Å². The van der Waals surface area contributed by atoms with Crippen LogP contribution in [0, 0.1) is 15.5 Å². The molecule has 7 nitrogen and oxygen atoms in total. The molecular weight excluding hydrogens is 234 g/mol. The monoisotopic (exact) mass is 241 g/mol. The van der Waals surface area contributed by atoms with Crippen molar-refractivity contribution in [3.05, 3.63) is 52.3 Å². The van der Waals surface area contributed by atoms with Crippen molar-refractivity contribution in [2.45, 2.75) is 0 Å². The molecule has 0 amide bonds. The van der Waals surface area contributed by atoms with E-state index in [2.05, 4.69) is 9.97 Å². The lowest BCUT2D eigenvalue weighted by molar-refractivity contribution is -0.385. The number of pyridine rings is 2. The van der Waals surface area contributed by atoms with Crippen LogP contribution in [0.4, 0.5) is 5.69 Å². The Balaban J connectivity index is 2.52. The van der Waals surface area contributed by atoms with Crippen LogP contribution in [0.2, 0.25) is 0 Å². The maximum atomic E-state index is 10.7. The van der Waals surface area contributed by atoms with Crippen LogP contribution < -0.4 is 5.49 Å². The molecule has 0 saturated heterocycles. The summed E-state index contributed by atoms with van der Waals surface area (Å²) in [6.45, 7) is 0. The molecule has 7 heteroatoms. The molecule has 0 fully saturated rings. The molecule has 0 bridgehead atoms. The lowest BCUT2D eigenvalue weighted by Gasteiger charge is -2.04. The molecule has 3 rings (SSSR count). The molecular formula is C11H7N5O2. The Morgan fingerprint density at radius 2 is 2.22 bits per heavy atom. The van der Waals surface area contributed by atoms with E-state index in [0.29, 0.717) is 16.7 Å². The van der Waals surface area contributed by atoms with Gasteiger partial charge in [-0.05, 0) is 12.1 Å². The number of aromatic nitrogens is 3. The Hall–Kier alpha value is -2.83. The molecule has 0 aliphatic rings. The molecule has 0 spiro atoms. The average molecular weight is 241 g/mol. The summed E-state index contributed by atoms with van der Waals surface area (Å²) in [4.78, 5) is 18.3. The number of nitro groups is 1. The highest BCUT2D eigenvalue weighted by Crippen LogP contribution is 2.15. The lowest BCUT2D eigenvalue weighted by Crippen LogP contribution is -2.12. The molecule has 1 N–H and O–H groups in total. The zero-order valence-electron chi connectivity index (χ0n) is 9.07. The zero-order chi connectivity index (χ0) is 12.7. The first-order valence-electron chi connectivity index (χ1n) is 5.13. The van der Waals surface area contributed by atoms with Gasteiger partial charge in [-0.1, -0.05) is 6.07 Å². The van der Waals surface area contributed by atoms with Gasteiger partial charge in [0.1, 0.15) is 17.5 Å². The highest BCUT2D eigenvalue weighted by molar-refractivity contribution is 5.78. The van der Waals surface area contributed by atoms with Crippen molar-refractivity contribution in [3.8, 4) is 0 Å². The van der Waals surface area contributed by atoms with E-state index in [-0.39, 0.29) is 11.2 Å². The quantitative estimate of drug-likeness (QED) is 0.394. The predicted molar refractivity (Wildman–Crippen MR) is 63.0 cm³/mol. The van der Waals surface area contributed by atoms with Crippen LogP contribution in [0.1, 0.15) is 0 Å². The zero-order valence-corrected chi connectivity index (χ0v) is 9.07. The topological polar surface area (TPSA) is 97.2 Å². The molecule has 0 atom stereocenters. The number of hydrogen-bond donors (Lipinski definition) is 1. The third kappa shape index (κ3) is 1.41. The van der Waals surface area contributed by atoms with E-state index in [1.165, 1.54) is 12.3 Å². The fourth-order valence-corrected chi connectivity index (χ4v) is 1.79. The predicted octanol–water partition coefficient (Wildman–Crippen LogP) is 1.27. The van der Waals surface area contributed by atoms with E-state index in [1.54, 1.807) is 28.8 Å². The number of rotatable bonds is 1. The van der Waals surface area contributed by atoms with E-state index in [1.807, 2.05) is 0 Å². The molecule has 0 radical (unpaired) electrons. The van der Waals surface area contributed by atoms with Crippen LogP contribution in [0.15, 0.2) is 36.7 Å². The third-order valence-electron chi connectivity index (χ3n) is 2.61. The Kier molecular flexibility index (Phi) is 2.06. The van der Waals surface area contributed by atoms with E-state index in [4.69, 9.17) is 5.41 Å². The van der Waals surface area contributed by atoms with Crippen molar-refractivity contribution in [1.82, 2.24) is 14.4 Å². The molecule has 0 saturated carbocycles. The second-order valence-corrected chi connectivity index (χ2v) is 3.71. The summed E-state index contributed by atoms with van der Waals surface area (Å²) in [6, 6.07) is 6.68. The molecule has 0 unspecified atom stereocenters. The van der Waals surface area contributed by atoms with Crippen molar-refractivity contribution < 1.29 is 4.92 Å². The van der Waals surface area contributed by atoms with Crippen molar-refractivity contribution in [2.75, 3.05) is 0 Å². The first-order chi connectivity index (χ1) is 8.66. The van der Waals surface area contributed by atoms with Crippen molar-refractivity contribution in [1.29, 1.82) is 5.41 Å². The first-order valence-corrected chi connectivity index (χ1v) is 5.13. The lowest BCUT2D eigenvalue weighted by atomic mass is 10.3. The van der Waals surface area contributed by atoms with Gasteiger partial charge in [-0.2, -0.15) is 0 Å². The van der Waals surface area contributed by atoms with Gasteiger partial charge >= 0.3 is 0 Å². The SMILES string of the molecule is N=c1nc2ccccn2c2ncc([N+](=O)[O-])cc12. The largest absolute Gasteiger partial charge is 0.288 e. The van der Waals surface area contributed by atoms with E-state index in [9.17, 15) is 10.1 Å². The second kappa shape index (κ2) is 3.59. The van der Waals surface area contributed by atoms with E-state index < -0.39 is 4.92 Å². The highest BCUT2D eigenvalue weighted by atomic mass is 16.6. The number of nitrogens with one attached hydrogen (secondary N) is 1. The maximum Gasteiger partial charge on any atom is 0.288 e. The summed E-state index contributed by atoms with van der Waals surface area (Å²) in [5, 5.41) is 18.8. The van der Waals surface area contributed by atoms with Gasteiger partial charge in [0.2, 0.25) is 0 Å². The Morgan fingerprint density at radius 3 is 3.00 bits per heavy atom. The van der Waals surface area contributed by atoms with Gasteiger partial charge in [-0.3, -0.25) is 19.9 Å². The Bertz CT molecular complexity index is 840. The van der Waals surface area contributed by atoms with Crippen LogP contribution in [0.3, 0.4) is 0 Å². The summed E-state index contributed by atoms with van der Waals surface area (Å²) >= 11 is 0. The van der Waals surface area contributed by atoms with Crippen LogP contribution >= 0.6 is 0 Å². The second-order valence-electron chi connectivity index (χ2n) is 3.71. The molecule has 3 aromatic heterocycles. The summed E-state index contributed by atoms with van der Waals surface area (Å²) in [6.07, 6.45) is 2.93.